The maximum Gasteiger partial charge on any atom is 0.159 e. The Morgan fingerprint density at radius 3 is 1.36 bits per heavy atom. The summed E-state index contributed by atoms with van der Waals surface area (Å²) in [5.74, 6) is 0. The van der Waals surface area contributed by atoms with Gasteiger partial charge in [-0.05, 0) is 128 Å². The Bertz CT molecular complexity index is 4310. The zero-order valence-corrected chi connectivity index (χ0v) is 39.9. The molecule has 2 heterocycles. The minimum atomic E-state index is 0.842. The average Bonchev–Trinajstić information content (AvgIpc) is 4.03. The number of fused-ring (bicyclic) bond motifs is 8. The third-order valence-electron chi connectivity index (χ3n) is 14.6. The van der Waals surface area contributed by atoms with Gasteiger partial charge in [-0.1, -0.05) is 212 Å². The second-order valence-corrected chi connectivity index (χ2v) is 18.8. The quantitative estimate of drug-likeness (QED) is 0.144. The highest BCUT2D eigenvalue weighted by Gasteiger charge is 2.23. The average molecular weight is 931 g/mol. The molecule has 0 spiro atoms. The van der Waals surface area contributed by atoms with Crippen LogP contribution in [0.15, 0.2) is 283 Å². The third-order valence-corrected chi connectivity index (χ3v) is 14.6. The van der Waals surface area contributed by atoms with Gasteiger partial charge < -0.3 is 13.9 Å². The number of hydrogen-bond acceptors (Lipinski definition) is 2. The van der Waals surface area contributed by atoms with E-state index in [0.717, 1.165) is 72.5 Å². The fraction of sp³-hybridized carbons (Fsp3) is 0. The smallest absolute Gasteiger partial charge is 0.159 e. The molecule has 2 aromatic heterocycles. The van der Waals surface area contributed by atoms with Gasteiger partial charge in [0, 0.05) is 44.2 Å². The predicted octanol–water partition coefficient (Wildman–Crippen LogP) is 19.6. The van der Waals surface area contributed by atoms with E-state index in [1.54, 1.807) is 0 Å². The van der Waals surface area contributed by atoms with E-state index in [1.807, 2.05) is 0 Å². The van der Waals surface area contributed by atoms with Gasteiger partial charge in [-0.3, -0.25) is 0 Å². The maximum absolute atomic E-state index is 7.21. The van der Waals surface area contributed by atoms with E-state index >= 15 is 0 Å². The second-order valence-electron chi connectivity index (χ2n) is 18.8. The Kier molecular flexibility index (Phi) is 10.2. The number of nitrogens with zero attached hydrogens (tertiary/aromatic N) is 2. The molecular weight excluding hydrogens is 885 g/mol. The predicted molar refractivity (Wildman–Crippen MR) is 307 cm³/mol. The molecule has 73 heavy (non-hydrogen) atoms. The third kappa shape index (κ3) is 7.37. The molecule has 3 heteroatoms. The second kappa shape index (κ2) is 17.6. The van der Waals surface area contributed by atoms with Crippen molar-refractivity contribution in [2.24, 2.45) is 0 Å². The van der Waals surface area contributed by atoms with Crippen molar-refractivity contribution in [1.82, 2.24) is 4.57 Å². The summed E-state index contributed by atoms with van der Waals surface area (Å²) in [6.07, 6.45) is 0. The lowest BCUT2D eigenvalue weighted by atomic mass is 9.96. The molecule has 0 unspecified atom stereocenters. The molecule has 0 amide bonds. The van der Waals surface area contributed by atoms with Crippen molar-refractivity contribution in [3.05, 3.63) is 279 Å². The van der Waals surface area contributed by atoms with E-state index in [0.29, 0.717) is 0 Å². The molecule has 0 N–H and O–H groups in total. The summed E-state index contributed by atoms with van der Waals surface area (Å²) in [6, 6.07) is 101. The summed E-state index contributed by atoms with van der Waals surface area (Å²) in [4.78, 5) is 2.34. The van der Waals surface area contributed by atoms with Crippen molar-refractivity contribution >= 4 is 71.6 Å². The molecule has 0 aliphatic rings. The van der Waals surface area contributed by atoms with Gasteiger partial charge in [0.15, 0.2) is 5.58 Å². The van der Waals surface area contributed by atoms with E-state index in [1.165, 1.54) is 60.4 Å². The van der Waals surface area contributed by atoms with Crippen molar-refractivity contribution < 1.29 is 4.42 Å². The Morgan fingerprint density at radius 2 is 0.740 bits per heavy atom. The molecule has 0 radical (unpaired) electrons. The van der Waals surface area contributed by atoms with Crippen LogP contribution in [0.25, 0.3) is 116 Å². The number of para-hydroxylation sites is 3. The first kappa shape index (κ1) is 42.2. The number of hydrogen-bond donors (Lipinski definition) is 0. The molecule has 14 rings (SSSR count). The molecule has 12 aromatic carbocycles. The van der Waals surface area contributed by atoms with Crippen LogP contribution in [0, 0.1) is 0 Å². The number of furan rings is 1. The summed E-state index contributed by atoms with van der Waals surface area (Å²) in [6.45, 7) is 0. The van der Waals surface area contributed by atoms with Gasteiger partial charge in [0.25, 0.3) is 0 Å². The van der Waals surface area contributed by atoms with E-state index in [-0.39, 0.29) is 0 Å². The van der Waals surface area contributed by atoms with Crippen molar-refractivity contribution in [2.45, 2.75) is 0 Å². The standard InChI is InChI=1S/C70H46N2O/c1-4-15-47(16-5-1)48-27-29-49(30-28-48)51-35-40-58(41-36-51)71(67-26-14-24-62-68-60-22-11-10-19-56(60)46-63(70(68)73-69(62)67)54-17-6-2-7-18-54)59-42-37-52(38-43-59)50-31-33-53(34-32-50)55-39-44-66-64(45-55)61-23-12-13-25-65(61)72(66)57-20-8-3-9-21-57/h1-46H. The Morgan fingerprint density at radius 1 is 0.288 bits per heavy atom. The zero-order chi connectivity index (χ0) is 48.2. The minimum Gasteiger partial charge on any atom is -0.453 e. The van der Waals surface area contributed by atoms with Crippen LogP contribution in [-0.4, -0.2) is 4.57 Å². The number of anilines is 3. The van der Waals surface area contributed by atoms with Gasteiger partial charge in [-0.25, -0.2) is 0 Å². The van der Waals surface area contributed by atoms with Crippen LogP contribution in [0.2, 0.25) is 0 Å². The largest absolute Gasteiger partial charge is 0.453 e. The zero-order valence-electron chi connectivity index (χ0n) is 39.9. The molecular formula is C70H46N2O. The van der Waals surface area contributed by atoms with Crippen LogP contribution in [-0.2, 0) is 0 Å². The minimum absolute atomic E-state index is 0.842. The highest BCUT2D eigenvalue weighted by Crippen LogP contribution is 2.47. The van der Waals surface area contributed by atoms with E-state index in [9.17, 15) is 0 Å². The van der Waals surface area contributed by atoms with Crippen molar-refractivity contribution in [3.63, 3.8) is 0 Å². The SMILES string of the molecule is c1ccc(-c2ccc(-c3ccc(N(c4ccc(-c5ccc(-c6ccc7c(c6)c6ccccc6n7-c6ccccc6)cc5)cc4)c4cccc5c4oc4c(-c6ccccc6)cc6ccccc6c45)cc3)cc2)cc1. The number of rotatable bonds is 9. The monoisotopic (exact) mass is 930 g/mol. The lowest BCUT2D eigenvalue weighted by molar-refractivity contribution is 0.670. The van der Waals surface area contributed by atoms with Gasteiger partial charge >= 0.3 is 0 Å². The fourth-order valence-electron chi connectivity index (χ4n) is 11.0. The summed E-state index contributed by atoms with van der Waals surface area (Å²) in [5, 5.41) is 7.06. The van der Waals surface area contributed by atoms with Crippen LogP contribution in [0.3, 0.4) is 0 Å². The van der Waals surface area contributed by atoms with Crippen molar-refractivity contribution in [1.29, 1.82) is 0 Å². The topological polar surface area (TPSA) is 21.3 Å². The molecule has 3 nitrogen and oxygen atoms in total. The molecule has 0 aliphatic heterocycles. The van der Waals surface area contributed by atoms with E-state index in [4.69, 9.17) is 4.42 Å². The molecule has 0 saturated carbocycles. The Hall–Kier alpha value is -9.70. The molecule has 14 aromatic rings. The van der Waals surface area contributed by atoms with Crippen LogP contribution < -0.4 is 4.90 Å². The Balaban J connectivity index is 0.850. The normalized spacial score (nSPS) is 11.6. The number of benzene rings is 12. The van der Waals surface area contributed by atoms with Gasteiger partial charge in [0.1, 0.15) is 5.58 Å². The lowest BCUT2D eigenvalue weighted by Gasteiger charge is -2.26. The van der Waals surface area contributed by atoms with Crippen LogP contribution >= 0.6 is 0 Å². The molecule has 0 fully saturated rings. The van der Waals surface area contributed by atoms with Gasteiger partial charge in [0.2, 0.25) is 0 Å². The van der Waals surface area contributed by atoms with Crippen molar-refractivity contribution in [2.75, 3.05) is 4.90 Å². The van der Waals surface area contributed by atoms with Crippen molar-refractivity contribution in [3.8, 4) is 61.3 Å². The first-order valence-electron chi connectivity index (χ1n) is 25.0. The van der Waals surface area contributed by atoms with Crippen LogP contribution in [0.4, 0.5) is 17.1 Å². The molecule has 0 aliphatic carbocycles. The highest BCUT2D eigenvalue weighted by molar-refractivity contribution is 6.24. The van der Waals surface area contributed by atoms with Gasteiger partial charge in [0.05, 0.1) is 16.7 Å². The van der Waals surface area contributed by atoms with Gasteiger partial charge in [-0.2, -0.15) is 0 Å². The summed E-state index contributed by atoms with van der Waals surface area (Å²) in [7, 11) is 0. The molecule has 0 atom stereocenters. The molecule has 0 saturated heterocycles. The lowest BCUT2D eigenvalue weighted by Crippen LogP contribution is -2.10. The summed E-state index contributed by atoms with van der Waals surface area (Å²) in [5.41, 5.74) is 20.0. The first-order chi connectivity index (χ1) is 36.2. The highest BCUT2D eigenvalue weighted by atomic mass is 16.3. The summed E-state index contributed by atoms with van der Waals surface area (Å²) >= 11 is 0. The maximum atomic E-state index is 7.21. The summed E-state index contributed by atoms with van der Waals surface area (Å²) < 4.78 is 9.57. The molecule has 342 valence electrons. The Labute approximate surface area is 423 Å². The van der Waals surface area contributed by atoms with Crippen LogP contribution in [0.1, 0.15) is 0 Å². The number of aromatic nitrogens is 1. The first-order valence-corrected chi connectivity index (χ1v) is 25.0. The fourth-order valence-corrected chi connectivity index (χ4v) is 11.0. The van der Waals surface area contributed by atoms with Crippen LogP contribution in [0.5, 0.6) is 0 Å². The molecule has 0 bridgehead atoms. The van der Waals surface area contributed by atoms with E-state index in [2.05, 4.69) is 289 Å². The van der Waals surface area contributed by atoms with E-state index < -0.39 is 0 Å². The van der Waals surface area contributed by atoms with Gasteiger partial charge in [-0.15, -0.1) is 0 Å².